The summed E-state index contributed by atoms with van der Waals surface area (Å²) in [5, 5.41) is 0. The Bertz CT molecular complexity index is 284. The van der Waals surface area contributed by atoms with Crippen molar-refractivity contribution in [1.82, 2.24) is 0 Å². The molecule has 4 nitrogen and oxygen atoms in total. The average Bonchev–Trinajstić information content (AvgIpc) is 2.38. The molecule has 15 heavy (non-hydrogen) atoms. The number of piperidine rings is 1. The zero-order valence-electron chi connectivity index (χ0n) is 9.36. The van der Waals surface area contributed by atoms with E-state index >= 15 is 0 Å². The number of hydrogen-bond acceptors (Lipinski definition) is 3. The standard InChI is InChI=1S/C11H18NO3/c1-3-15-11(14)12(2)8-4-5-9(12)7-10(13)6-8/h8-9H,3-7H2,1-2H3/q+1. The summed E-state index contributed by atoms with van der Waals surface area (Å²) in [6.07, 6.45) is 2.90. The Morgan fingerprint density at radius 1 is 1.40 bits per heavy atom. The van der Waals surface area contributed by atoms with Gasteiger partial charge in [0.2, 0.25) is 0 Å². The molecule has 2 bridgehead atoms. The SMILES string of the molecule is CCOC(=O)[N+]1(C)C2CCC1CC(=O)C2. The minimum atomic E-state index is -0.155. The number of amides is 1. The Balaban J connectivity index is 2.21. The van der Waals surface area contributed by atoms with Crippen LogP contribution in [0.2, 0.25) is 0 Å². The second-order valence-electron chi connectivity index (χ2n) is 4.68. The average molecular weight is 212 g/mol. The van der Waals surface area contributed by atoms with Crippen molar-refractivity contribution in [3.63, 3.8) is 0 Å². The summed E-state index contributed by atoms with van der Waals surface area (Å²) < 4.78 is 5.46. The normalized spacial score (nSPS) is 39.2. The van der Waals surface area contributed by atoms with Crippen LogP contribution in [0.3, 0.4) is 0 Å². The second-order valence-corrected chi connectivity index (χ2v) is 4.68. The van der Waals surface area contributed by atoms with Gasteiger partial charge in [-0.3, -0.25) is 4.79 Å². The molecule has 2 aliphatic heterocycles. The molecule has 2 aliphatic rings. The topological polar surface area (TPSA) is 43.4 Å². The van der Waals surface area contributed by atoms with Gasteiger partial charge in [0.25, 0.3) is 0 Å². The number of quaternary nitrogens is 1. The number of ketones is 1. The van der Waals surface area contributed by atoms with Crippen molar-refractivity contribution in [2.24, 2.45) is 0 Å². The highest BCUT2D eigenvalue weighted by Gasteiger charge is 2.57. The van der Waals surface area contributed by atoms with E-state index in [0.29, 0.717) is 29.7 Å². The van der Waals surface area contributed by atoms with Gasteiger partial charge in [-0.15, -0.1) is 0 Å². The summed E-state index contributed by atoms with van der Waals surface area (Å²) in [6, 6.07) is 0.325. The molecule has 84 valence electrons. The lowest BCUT2D eigenvalue weighted by Gasteiger charge is -2.39. The van der Waals surface area contributed by atoms with Crippen LogP contribution in [0.25, 0.3) is 0 Å². The van der Waals surface area contributed by atoms with E-state index in [0.717, 1.165) is 12.8 Å². The van der Waals surface area contributed by atoms with E-state index in [1.165, 1.54) is 0 Å². The number of Topliss-reactive ketones (excluding diaryl/α,β-unsaturated/α-hetero) is 1. The maximum Gasteiger partial charge on any atom is 0.516 e. The molecule has 0 saturated carbocycles. The number of nitrogens with zero attached hydrogens (tertiary/aromatic N) is 1. The molecule has 0 radical (unpaired) electrons. The fourth-order valence-electron chi connectivity index (χ4n) is 2.97. The van der Waals surface area contributed by atoms with Crippen LogP contribution in [0, 0.1) is 0 Å². The first-order valence-corrected chi connectivity index (χ1v) is 5.64. The monoisotopic (exact) mass is 212 g/mol. The van der Waals surface area contributed by atoms with Crippen molar-refractivity contribution < 1.29 is 18.8 Å². The Labute approximate surface area is 89.8 Å². The van der Waals surface area contributed by atoms with Gasteiger partial charge in [-0.25, -0.2) is 4.48 Å². The molecule has 0 aliphatic carbocycles. The van der Waals surface area contributed by atoms with Crippen molar-refractivity contribution in [2.45, 2.75) is 44.7 Å². The molecular formula is C11H18NO3+. The van der Waals surface area contributed by atoms with Crippen molar-refractivity contribution in [3.05, 3.63) is 0 Å². The van der Waals surface area contributed by atoms with Gasteiger partial charge in [-0.1, -0.05) is 0 Å². The summed E-state index contributed by atoms with van der Waals surface area (Å²) in [7, 11) is 1.92. The van der Waals surface area contributed by atoms with Crippen LogP contribution in [0.15, 0.2) is 0 Å². The number of carbonyl (C=O) groups excluding carboxylic acids is 2. The number of fused-ring (bicyclic) bond motifs is 2. The van der Waals surface area contributed by atoms with Crippen LogP contribution < -0.4 is 0 Å². The van der Waals surface area contributed by atoms with Gasteiger partial charge in [-0.2, -0.15) is 4.79 Å². The number of carbonyl (C=O) groups is 2. The van der Waals surface area contributed by atoms with Crippen LogP contribution >= 0.6 is 0 Å². The molecule has 1 amide bonds. The number of ether oxygens (including phenoxy) is 1. The second kappa shape index (κ2) is 3.59. The minimum absolute atomic E-state index is 0.155. The lowest BCUT2D eigenvalue weighted by atomic mass is 9.99. The molecule has 2 heterocycles. The van der Waals surface area contributed by atoms with E-state index in [9.17, 15) is 9.59 Å². The third-order valence-electron chi connectivity index (χ3n) is 3.94. The van der Waals surface area contributed by atoms with Gasteiger partial charge in [-0.05, 0) is 6.92 Å². The quantitative estimate of drug-likeness (QED) is 0.618. The maximum atomic E-state index is 11.9. The molecule has 0 aromatic heterocycles. The largest absolute Gasteiger partial charge is 0.516 e. The van der Waals surface area contributed by atoms with E-state index in [2.05, 4.69) is 0 Å². The molecule has 4 heteroatoms. The van der Waals surface area contributed by atoms with Gasteiger partial charge in [0, 0.05) is 12.8 Å². The Morgan fingerprint density at radius 2 is 1.93 bits per heavy atom. The first kappa shape index (κ1) is 10.6. The number of rotatable bonds is 1. The van der Waals surface area contributed by atoms with E-state index in [1.807, 2.05) is 14.0 Å². The first-order valence-electron chi connectivity index (χ1n) is 5.64. The van der Waals surface area contributed by atoms with E-state index in [1.54, 1.807) is 0 Å². The van der Waals surface area contributed by atoms with Crippen molar-refractivity contribution in [2.75, 3.05) is 13.7 Å². The van der Waals surface area contributed by atoms with Crippen LogP contribution in [-0.4, -0.2) is 42.1 Å². The zero-order chi connectivity index (χ0) is 11.1. The molecule has 2 fully saturated rings. The summed E-state index contributed by atoms with van der Waals surface area (Å²) >= 11 is 0. The zero-order valence-corrected chi connectivity index (χ0v) is 9.36. The molecule has 2 unspecified atom stereocenters. The molecule has 2 saturated heterocycles. The lowest BCUT2D eigenvalue weighted by Crippen LogP contribution is -2.61. The van der Waals surface area contributed by atoms with Crippen LogP contribution in [0.4, 0.5) is 4.79 Å². The summed E-state index contributed by atoms with van der Waals surface area (Å²) in [5.74, 6) is 0.308. The van der Waals surface area contributed by atoms with Crippen molar-refractivity contribution >= 4 is 11.9 Å². The maximum absolute atomic E-state index is 11.9. The summed E-state index contributed by atoms with van der Waals surface area (Å²) in [4.78, 5) is 23.4. The fraction of sp³-hybridized carbons (Fsp3) is 0.818. The van der Waals surface area contributed by atoms with Crippen LogP contribution in [0.1, 0.15) is 32.6 Å². The van der Waals surface area contributed by atoms with Crippen molar-refractivity contribution in [1.29, 1.82) is 0 Å². The predicted molar refractivity (Wildman–Crippen MR) is 54.3 cm³/mol. The van der Waals surface area contributed by atoms with Gasteiger partial charge in [0.05, 0.1) is 26.5 Å². The van der Waals surface area contributed by atoms with E-state index < -0.39 is 0 Å². The fourth-order valence-corrected chi connectivity index (χ4v) is 2.97. The summed E-state index contributed by atoms with van der Waals surface area (Å²) in [5.41, 5.74) is 0. The van der Waals surface area contributed by atoms with Crippen molar-refractivity contribution in [3.8, 4) is 0 Å². The van der Waals surface area contributed by atoms with Gasteiger partial charge in [0.15, 0.2) is 0 Å². The van der Waals surface area contributed by atoms with Gasteiger partial charge < -0.3 is 4.74 Å². The Morgan fingerprint density at radius 3 is 2.40 bits per heavy atom. The highest BCUT2D eigenvalue weighted by molar-refractivity contribution is 5.81. The predicted octanol–water partition coefficient (Wildman–Crippen LogP) is 1.48. The molecule has 0 aromatic carbocycles. The third kappa shape index (κ3) is 1.47. The Kier molecular flexibility index (Phi) is 2.54. The highest BCUT2D eigenvalue weighted by Crippen LogP contribution is 2.40. The minimum Gasteiger partial charge on any atom is -0.420 e. The smallest absolute Gasteiger partial charge is 0.420 e. The highest BCUT2D eigenvalue weighted by atomic mass is 16.6. The van der Waals surface area contributed by atoms with Gasteiger partial charge in [0.1, 0.15) is 17.9 Å². The van der Waals surface area contributed by atoms with Crippen LogP contribution in [0.5, 0.6) is 0 Å². The third-order valence-corrected chi connectivity index (χ3v) is 3.94. The first-order chi connectivity index (χ1) is 7.09. The molecule has 0 spiro atoms. The van der Waals surface area contributed by atoms with Crippen LogP contribution in [-0.2, 0) is 9.53 Å². The van der Waals surface area contributed by atoms with E-state index in [-0.39, 0.29) is 18.2 Å². The molecule has 2 atom stereocenters. The molecule has 0 aromatic rings. The molecular weight excluding hydrogens is 194 g/mol. The molecule has 2 rings (SSSR count). The number of hydrogen-bond donors (Lipinski definition) is 0. The summed E-state index contributed by atoms with van der Waals surface area (Å²) in [6.45, 7) is 2.24. The molecule has 0 N–H and O–H groups in total. The lowest BCUT2D eigenvalue weighted by molar-refractivity contribution is -0.875. The Hall–Kier alpha value is -0.900. The van der Waals surface area contributed by atoms with E-state index in [4.69, 9.17) is 4.74 Å². The van der Waals surface area contributed by atoms with Gasteiger partial charge >= 0.3 is 6.09 Å².